The molecule has 0 saturated carbocycles. The Morgan fingerprint density at radius 1 is 1.17 bits per heavy atom. The van der Waals surface area contributed by atoms with Crippen molar-refractivity contribution in [3.8, 4) is 5.88 Å². The lowest BCUT2D eigenvalue weighted by Crippen LogP contribution is -2.20. The number of carboxylic acids is 1. The first kappa shape index (κ1) is 17.7. The van der Waals surface area contributed by atoms with Crippen LogP contribution in [0.15, 0.2) is 42.6 Å². The largest absolute Gasteiger partial charge is 0.478 e. The number of pyridine rings is 1. The summed E-state index contributed by atoms with van der Waals surface area (Å²) in [5, 5.41) is 12.0. The summed E-state index contributed by atoms with van der Waals surface area (Å²) in [5.41, 5.74) is 1.69. The Labute approximate surface area is 136 Å². The monoisotopic (exact) mass is 340 g/mol. The van der Waals surface area contributed by atoms with Crippen molar-refractivity contribution in [1.29, 1.82) is 0 Å². The molecule has 0 unspecified atom stereocenters. The first-order valence-corrected chi connectivity index (χ1v) is 7.01. The van der Waals surface area contributed by atoms with Gasteiger partial charge in [0.05, 0.1) is 5.56 Å². The highest BCUT2D eigenvalue weighted by atomic mass is 19.4. The number of nitrogens with zero attached hydrogens (tertiary/aromatic N) is 1. The van der Waals surface area contributed by atoms with E-state index in [0.29, 0.717) is 18.7 Å². The van der Waals surface area contributed by atoms with Gasteiger partial charge in [-0.1, -0.05) is 12.1 Å². The average Bonchev–Trinajstić information content (AvgIpc) is 2.53. The molecule has 0 radical (unpaired) electrons. The van der Waals surface area contributed by atoms with Crippen molar-refractivity contribution >= 4 is 5.97 Å². The molecule has 8 heteroatoms. The normalized spacial score (nSPS) is 11.3. The third-order valence-electron chi connectivity index (χ3n) is 3.02. The maximum Gasteiger partial charge on any atom is 0.422 e. The van der Waals surface area contributed by atoms with Gasteiger partial charge in [0, 0.05) is 25.4 Å². The van der Waals surface area contributed by atoms with Crippen LogP contribution in [0.1, 0.15) is 21.5 Å². The molecule has 24 heavy (non-hydrogen) atoms. The Morgan fingerprint density at radius 3 is 2.54 bits per heavy atom. The van der Waals surface area contributed by atoms with Crippen molar-refractivity contribution in [3.63, 3.8) is 0 Å². The third kappa shape index (κ3) is 5.88. The summed E-state index contributed by atoms with van der Waals surface area (Å²) >= 11 is 0. The van der Waals surface area contributed by atoms with E-state index >= 15 is 0 Å². The molecule has 0 aliphatic carbocycles. The SMILES string of the molecule is O=C(O)c1cccc(CNCc2ccnc(OCC(F)(F)F)c2)c1. The van der Waals surface area contributed by atoms with Crippen molar-refractivity contribution in [2.24, 2.45) is 0 Å². The van der Waals surface area contributed by atoms with Gasteiger partial charge in [-0.05, 0) is 29.3 Å². The minimum absolute atomic E-state index is 0.0977. The van der Waals surface area contributed by atoms with Crippen LogP contribution < -0.4 is 10.1 Å². The third-order valence-corrected chi connectivity index (χ3v) is 3.02. The van der Waals surface area contributed by atoms with E-state index in [9.17, 15) is 18.0 Å². The van der Waals surface area contributed by atoms with E-state index in [2.05, 4.69) is 15.0 Å². The van der Waals surface area contributed by atoms with Crippen LogP contribution in [-0.2, 0) is 13.1 Å². The summed E-state index contributed by atoms with van der Waals surface area (Å²) in [6, 6.07) is 9.56. The van der Waals surface area contributed by atoms with E-state index in [1.54, 1.807) is 24.3 Å². The van der Waals surface area contributed by atoms with E-state index in [4.69, 9.17) is 5.11 Å². The molecule has 2 aromatic rings. The summed E-state index contributed by atoms with van der Waals surface area (Å²) in [5.74, 6) is -1.10. The molecule has 2 rings (SSSR count). The molecular weight excluding hydrogens is 325 g/mol. The quantitative estimate of drug-likeness (QED) is 0.811. The lowest BCUT2D eigenvalue weighted by atomic mass is 10.1. The molecule has 1 heterocycles. The molecule has 1 aromatic carbocycles. The topological polar surface area (TPSA) is 71.5 Å². The number of halogens is 3. The van der Waals surface area contributed by atoms with Gasteiger partial charge in [0.15, 0.2) is 6.61 Å². The van der Waals surface area contributed by atoms with Crippen LogP contribution in [0.2, 0.25) is 0 Å². The molecule has 5 nitrogen and oxygen atoms in total. The number of rotatable bonds is 7. The van der Waals surface area contributed by atoms with E-state index in [1.165, 1.54) is 18.3 Å². The Hall–Kier alpha value is -2.61. The van der Waals surface area contributed by atoms with Gasteiger partial charge in [0.25, 0.3) is 0 Å². The standard InChI is InChI=1S/C16H15F3N2O3/c17-16(18,19)10-24-14-7-12(4-5-21-14)9-20-8-11-2-1-3-13(6-11)15(22)23/h1-7,20H,8-10H2,(H,22,23). The lowest BCUT2D eigenvalue weighted by Gasteiger charge is -2.10. The molecule has 128 valence electrons. The highest BCUT2D eigenvalue weighted by Gasteiger charge is 2.28. The summed E-state index contributed by atoms with van der Waals surface area (Å²) < 4.78 is 40.9. The minimum atomic E-state index is -4.41. The molecule has 0 spiro atoms. The zero-order chi connectivity index (χ0) is 17.6. The van der Waals surface area contributed by atoms with Crippen molar-refractivity contribution in [1.82, 2.24) is 10.3 Å². The van der Waals surface area contributed by atoms with E-state index in [1.807, 2.05) is 0 Å². The van der Waals surface area contributed by atoms with Crippen LogP contribution in [0, 0.1) is 0 Å². The Kier molecular flexibility index (Phi) is 5.75. The number of ether oxygens (including phenoxy) is 1. The van der Waals surface area contributed by atoms with Crippen molar-refractivity contribution < 1.29 is 27.8 Å². The molecular formula is C16H15F3N2O3. The second kappa shape index (κ2) is 7.78. The fourth-order valence-corrected chi connectivity index (χ4v) is 1.96. The van der Waals surface area contributed by atoms with Crippen LogP contribution in [0.4, 0.5) is 13.2 Å². The highest BCUT2D eigenvalue weighted by Crippen LogP contribution is 2.17. The van der Waals surface area contributed by atoms with Gasteiger partial charge in [-0.3, -0.25) is 0 Å². The number of hydrogen-bond donors (Lipinski definition) is 2. The number of carboxylic acid groups (broad SMARTS) is 1. The number of nitrogens with one attached hydrogen (secondary N) is 1. The Bertz CT molecular complexity index is 705. The maximum absolute atomic E-state index is 12.1. The van der Waals surface area contributed by atoms with Crippen LogP contribution >= 0.6 is 0 Å². The summed E-state index contributed by atoms with van der Waals surface area (Å²) in [6.07, 6.45) is -3.04. The predicted molar refractivity (Wildman–Crippen MR) is 79.7 cm³/mol. The zero-order valence-electron chi connectivity index (χ0n) is 12.5. The molecule has 0 atom stereocenters. The summed E-state index contributed by atoms with van der Waals surface area (Å²) in [7, 11) is 0. The fraction of sp³-hybridized carbons (Fsp3) is 0.250. The van der Waals surface area contributed by atoms with E-state index < -0.39 is 18.8 Å². The lowest BCUT2D eigenvalue weighted by molar-refractivity contribution is -0.154. The number of carbonyl (C=O) groups is 1. The maximum atomic E-state index is 12.1. The van der Waals surface area contributed by atoms with Gasteiger partial charge in [0.2, 0.25) is 5.88 Å². The first-order valence-electron chi connectivity index (χ1n) is 7.01. The molecule has 0 saturated heterocycles. The zero-order valence-corrected chi connectivity index (χ0v) is 12.5. The second-order valence-electron chi connectivity index (χ2n) is 5.02. The number of hydrogen-bond acceptors (Lipinski definition) is 4. The van der Waals surface area contributed by atoms with Crippen LogP contribution in [-0.4, -0.2) is 28.8 Å². The van der Waals surface area contributed by atoms with Crippen molar-refractivity contribution in [2.45, 2.75) is 19.3 Å². The number of aromatic nitrogens is 1. The van der Waals surface area contributed by atoms with Gasteiger partial charge < -0.3 is 15.2 Å². The predicted octanol–water partition coefficient (Wildman–Crippen LogP) is 3.01. The molecule has 0 bridgehead atoms. The van der Waals surface area contributed by atoms with Gasteiger partial charge >= 0.3 is 12.1 Å². The molecule has 1 aromatic heterocycles. The van der Waals surface area contributed by atoms with Gasteiger partial charge in [0.1, 0.15) is 0 Å². The van der Waals surface area contributed by atoms with Crippen LogP contribution in [0.25, 0.3) is 0 Å². The molecule has 0 fully saturated rings. The van der Waals surface area contributed by atoms with Gasteiger partial charge in [-0.25, -0.2) is 9.78 Å². The summed E-state index contributed by atoms with van der Waals surface area (Å²) in [6.45, 7) is -0.594. The van der Waals surface area contributed by atoms with Gasteiger partial charge in [-0.2, -0.15) is 13.2 Å². The number of benzene rings is 1. The van der Waals surface area contributed by atoms with Crippen LogP contribution in [0.5, 0.6) is 5.88 Å². The van der Waals surface area contributed by atoms with Crippen molar-refractivity contribution in [3.05, 3.63) is 59.3 Å². The van der Waals surface area contributed by atoms with Crippen LogP contribution in [0.3, 0.4) is 0 Å². The average molecular weight is 340 g/mol. The Morgan fingerprint density at radius 2 is 1.88 bits per heavy atom. The number of aromatic carboxylic acids is 1. The second-order valence-corrected chi connectivity index (χ2v) is 5.02. The van der Waals surface area contributed by atoms with Gasteiger partial charge in [-0.15, -0.1) is 0 Å². The first-order chi connectivity index (χ1) is 11.3. The summed E-state index contributed by atoms with van der Waals surface area (Å²) in [4.78, 5) is 14.6. The van der Waals surface area contributed by atoms with E-state index in [-0.39, 0.29) is 11.4 Å². The molecule has 2 N–H and O–H groups in total. The molecule has 0 aliphatic rings. The van der Waals surface area contributed by atoms with Crippen molar-refractivity contribution in [2.75, 3.05) is 6.61 Å². The minimum Gasteiger partial charge on any atom is -0.478 e. The number of alkyl halides is 3. The van der Waals surface area contributed by atoms with E-state index in [0.717, 1.165) is 5.56 Å². The fourth-order valence-electron chi connectivity index (χ4n) is 1.96. The molecule has 0 aliphatic heterocycles. The molecule has 0 amide bonds. The Balaban J connectivity index is 1.88. The smallest absolute Gasteiger partial charge is 0.422 e. The highest BCUT2D eigenvalue weighted by molar-refractivity contribution is 5.87.